The molecular formula is C8H11Cl2F3N4. The summed E-state index contributed by atoms with van der Waals surface area (Å²) in [6.45, 7) is 0.755. The lowest BCUT2D eigenvalue weighted by atomic mass is 10.1. The van der Waals surface area contributed by atoms with Crippen molar-refractivity contribution in [3.63, 3.8) is 0 Å². The first kappa shape index (κ1) is 16.2. The molecule has 0 radical (unpaired) electrons. The van der Waals surface area contributed by atoms with Crippen LogP contribution in [-0.2, 0) is 19.1 Å². The lowest BCUT2D eigenvalue weighted by Gasteiger charge is -2.20. The quantitative estimate of drug-likeness (QED) is 0.761. The Labute approximate surface area is 108 Å². The van der Waals surface area contributed by atoms with Crippen molar-refractivity contribution >= 4 is 30.8 Å². The predicted molar refractivity (Wildman–Crippen MR) is 61.4 cm³/mol. The van der Waals surface area contributed by atoms with Gasteiger partial charge in [-0.1, -0.05) is 0 Å². The van der Waals surface area contributed by atoms with E-state index in [0.29, 0.717) is 18.7 Å². The third-order valence-electron chi connectivity index (χ3n) is 2.22. The van der Waals surface area contributed by atoms with E-state index in [0.717, 1.165) is 0 Å². The van der Waals surface area contributed by atoms with Crippen LogP contribution in [0.2, 0.25) is 0 Å². The zero-order valence-corrected chi connectivity index (χ0v) is 10.2. The summed E-state index contributed by atoms with van der Waals surface area (Å²) in [6, 6.07) is 0. The fraction of sp³-hybridized carbons (Fsp3) is 0.500. The van der Waals surface area contributed by atoms with E-state index in [1.807, 2.05) is 0 Å². The molecule has 2 rings (SSSR count). The fourth-order valence-corrected chi connectivity index (χ4v) is 1.60. The predicted octanol–water partition coefficient (Wildman–Crippen LogP) is 1.57. The van der Waals surface area contributed by atoms with Gasteiger partial charge in [-0.25, -0.2) is 9.97 Å². The smallest absolute Gasteiger partial charge is 0.368 e. The first-order valence-corrected chi connectivity index (χ1v) is 4.41. The van der Waals surface area contributed by atoms with Gasteiger partial charge in [0.25, 0.3) is 0 Å². The van der Waals surface area contributed by atoms with E-state index in [-0.39, 0.29) is 42.9 Å². The van der Waals surface area contributed by atoms with Crippen LogP contribution in [0.4, 0.5) is 19.1 Å². The van der Waals surface area contributed by atoms with Crippen LogP contribution >= 0.6 is 24.8 Å². The summed E-state index contributed by atoms with van der Waals surface area (Å²) in [5, 5.41) is 2.85. The number of alkyl halides is 3. The molecule has 0 unspecified atom stereocenters. The average molecular weight is 291 g/mol. The Bertz CT molecular complexity index is 397. The van der Waals surface area contributed by atoms with E-state index in [4.69, 9.17) is 5.73 Å². The second-order valence-electron chi connectivity index (χ2n) is 3.28. The number of halogens is 5. The molecule has 9 heteroatoms. The zero-order chi connectivity index (χ0) is 11.1. The highest BCUT2D eigenvalue weighted by Gasteiger charge is 2.37. The molecule has 0 saturated heterocycles. The maximum absolute atomic E-state index is 12.6. The highest BCUT2D eigenvalue weighted by atomic mass is 35.5. The van der Waals surface area contributed by atoms with Crippen LogP contribution in [0.3, 0.4) is 0 Å². The van der Waals surface area contributed by atoms with Crippen molar-refractivity contribution in [1.82, 2.24) is 15.3 Å². The van der Waals surface area contributed by atoms with E-state index in [1.54, 1.807) is 0 Å². The lowest BCUT2D eigenvalue weighted by Crippen LogP contribution is -2.29. The summed E-state index contributed by atoms with van der Waals surface area (Å²) in [7, 11) is 0. The molecule has 0 bridgehead atoms. The second-order valence-corrected chi connectivity index (χ2v) is 3.28. The topological polar surface area (TPSA) is 63.8 Å². The van der Waals surface area contributed by atoms with Gasteiger partial charge >= 0.3 is 6.18 Å². The van der Waals surface area contributed by atoms with Gasteiger partial charge in [0.15, 0.2) is 5.69 Å². The van der Waals surface area contributed by atoms with Crippen LogP contribution in [0.25, 0.3) is 0 Å². The summed E-state index contributed by atoms with van der Waals surface area (Å²) in [5.41, 5.74) is 4.83. The van der Waals surface area contributed by atoms with E-state index in [2.05, 4.69) is 15.3 Å². The number of fused-ring (bicyclic) bond motifs is 1. The molecule has 1 aliphatic rings. The molecule has 0 atom stereocenters. The molecule has 0 spiro atoms. The summed E-state index contributed by atoms with van der Waals surface area (Å²) in [4.78, 5) is 7.07. The molecule has 1 aliphatic heterocycles. The standard InChI is InChI=1S/C8H9F3N4.2ClH/c9-8(10,11)6-4-3-13-2-1-5(4)14-7(12)15-6;;/h13H,1-3H2,(H2,12,14,15);2*1H. The maximum Gasteiger partial charge on any atom is 0.433 e. The minimum absolute atomic E-state index is 0. The Kier molecular flexibility index (Phi) is 5.44. The first-order chi connectivity index (χ1) is 6.98. The SMILES string of the molecule is Cl.Cl.Nc1nc2c(c(C(F)(F)F)n1)CNCC2. The summed E-state index contributed by atoms with van der Waals surface area (Å²) >= 11 is 0. The van der Waals surface area contributed by atoms with Crippen LogP contribution < -0.4 is 11.1 Å². The second kappa shape index (κ2) is 5.70. The summed E-state index contributed by atoms with van der Waals surface area (Å²) < 4.78 is 37.7. The number of nitrogens with two attached hydrogens (primary N) is 1. The third kappa shape index (κ3) is 3.34. The van der Waals surface area contributed by atoms with Crippen LogP contribution in [0, 0.1) is 0 Å². The van der Waals surface area contributed by atoms with Crippen LogP contribution in [-0.4, -0.2) is 16.5 Å². The van der Waals surface area contributed by atoms with Gasteiger partial charge in [0.05, 0.1) is 5.69 Å². The Balaban J connectivity index is 0.00000128. The normalized spacial score (nSPS) is 14.3. The minimum atomic E-state index is -4.47. The monoisotopic (exact) mass is 290 g/mol. The van der Waals surface area contributed by atoms with E-state index in [1.165, 1.54) is 0 Å². The van der Waals surface area contributed by atoms with Gasteiger partial charge in [-0.2, -0.15) is 13.2 Å². The van der Waals surface area contributed by atoms with E-state index >= 15 is 0 Å². The molecule has 0 fully saturated rings. The van der Waals surface area contributed by atoms with Gasteiger partial charge in [-0.05, 0) is 0 Å². The van der Waals surface area contributed by atoms with Crippen molar-refractivity contribution in [1.29, 1.82) is 0 Å². The molecule has 4 nitrogen and oxygen atoms in total. The Hall–Kier alpha value is -0.790. The van der Waals surface area contributed by atoms with Crippen molar-refractivity contribution in [2.75, 3.05) is 12.3 Å². The molecule has 17 heavy (non-hydrogen) atoms. The molecule has 2 heterocycles. The van der Waals surface area contributed by atoms with Gasteiger partial charge in [0.2, 0.25) is 5.95 Å². The summed E-state index contributed by atoms with van der Waals surface area (Å²) in [6.07, 6.45) is -4.02. The number of rotatable bonds is 0. The summed E-state index contributed by atoms with van der Waals surface area (Å²) in [5.74, 6) is -0.317. The van der Waals surface area contributed by atoms with Gasteiger partial charge in [0, 0.05) is 25.1 Å². The van der Waals surface area contributed by atoms with Crippen molar-refractivity contribution in [2.24, 2.45) is 0 Å². The Morgan fingerprint density at radius 1 is 1.18 bits per heavy atom. The van der Waals surface area contributed by atoms with Gasteiger partial charge in [0.1, 0.15) is 0 Å². The Morgan fingerprint density at radius 2 is 1.82 bits per heavy atom. The van der Waals surface area contributed by atoms with Crippen LogP contribution in [0.1, 0.15) is 17.0 Å². The van der Waals surface area contributed by atoms with E-state index < -0.39 is 11.9 Å². The number of hydrogen-bond acceptors (Lipinski definition) is 4. The van der Waals surface area contributed by atoms with Crippen LogP contribution in [0.15, 0.2) is 0 Å². The van der Waals surface area contributed by atoms with Crippen LogP contribution in [0.5, 0.6) is 0 Å². The van der Waals surface area contributed by atoms with E-state index in [9.17, 15) is 13.2 Å². The largest absolute Gasteiger partial charge is 0.433 e. The molecule has 0 saturated carbocycles. The van der Waals surface area contributed by atoms with Crippen molar-refractivity contribution in [2.45, 2.75) is 19.1 Å². The Morgan fingerprint density at radius 3 is 2.41 bits per heavy atom. The zero-order valence-electron chi connectivity index (χ0n) is 8.54. The molecule has 3 N–H and O–H groups in total. The molecule has 98 valence electrons. The minimum Gasteiger partial charge on any atom is -0.368 e. The molecule has 1 aromatic heterocycles. The number of nitrogens with zero attached hydrogens (tertiary/aromatic N) is 2. The number of nitrogen functional groups attached to an aromatic ring is 1. The molecular weight excluding hydrogens is 280 g/mol. The number of anilines is 1. The molecule has 0 amide bonds. The highest BCUT2D eigenvalue weighted by Crippen LogP contribution is 2.32. The van der Waals surface area contributed by atoms with Gasteiger partial charge < -0.3 is 11.1 Å². The highest BCUT2D eigenvalue weighted by molar-refractivity contribution is 5.85. The molecule has 0 aliphatic carbocycles. The van der Waals surface area contributed by atoms with Gasteiger partial charge in [-0.15, -0.1) is 24.8 Å². The van der Waals surface area contributed by atoms with Crippen molar-refractivity contribution in [3.8, 4) is 0 Å². The number of nitrogens with one attached hydrogen (secondary N) is 1. The fourth-order valence-electron chi connectivity index (χ4n) is 1.60. The van der Waals surface area contributed by atoms with Crippen molar-refractivity contribution in [3.05, 3.63) is 17.0 Å². The van der Waals surface area contributed by atoms with Gasteiger partial charge in [-0.3, -0.25) is 0 Å². The maximum atomic E-state index is 12.6. The lowest BCUT2D eigenvalue weighted by molar-refractivity contribution is -0.142. The molecule has 0 aromatic carbocycles. The third-order valence-corrected chi connectivity index (χ3v) is 2.22. The number of hydrogen-bond donors (Lipinski definition) is 2. The van der Waals surface area contributed by atoms with Crippen molar-refractivity contribution < 1.29 is 13.2 Å². The average Bonchev–Trinajstić information content (AvgIpc) is 2.15. The first-order valence-electron chi connectivity index (χ1n) is 4.41. The number of aromatic nitrogens is 2. The molecule has 1 aromatic rings.